The quantitative estimate of drug-likeness (QED) is 0.142. The molecule has 9 rings (SSSR count). The molecule has 0 amide bonds. The van der Waals surface area contributed by atoms with Crippen molar-refractivity contribution in [2.75, 3.05) is 13.2 Å². The molecule has 61 heavy (non-hydrogen) atoms. The number of nitrogens with zero attached hydrogens (tertiary/aromatic N) is 10. The Bertz CT molecular complexity index is 2200. The first-order valence-corrected chi connectivity index (χ1v) is 20.5. The molecule has 8 aromatic rings. The van der Waals surface area contributed by atoms with Gasteiger partial charge in [-0.05, 0) is 24.3 Å². The van der Waals surface area contributed by atoms with E-state index in [1.54, 1.807) is 24.8 Å². The molecule has 0 aliphatic carbocycles. The van der Waals surface area contributed by atoms with Gasteiger partial charge in [-0.15, -0.1) is 0 Å². The molecule has 0 radical (unpaired) electrons. The lowest BCUT2D eigenvalue weighted by Crippen LogP contribution is -2.20. The molecular formula is C47H62N10O4. The lowest BCUT2D eigenvalue weighted by Gasteiger charge is -2.16. The highest BCUT2D eigenvalue weighted by Crippen LogP contribution is 2.27. The van der Waals surface area contributed by atoms with Crippen LogP contribution in [0.2, 0.25) is 0 Å². The van der Waals surface area contributed by atoms with E-state index < -0.39 is 0 Å². The molecule has 0 saturated heterocycles. The number of oxazole rings is 3. The van der Waals surface area contributed by atoms with Gasteiger partial charge in [0.1, 0.15) is 35.1 Å². The number of aliphatic imine (C=N–C) groups is 1. The largest absolute Gasteiger partial charge is 0.479 e. The third-order valence-electron chi connectivity index (χ3n) is 8.71. The molecule has 1 aliphatic rings. The zero-order chi connectivity index (χ0) is 44.8. The normalized spacial score (nSPS) is 13.3. The van der Waals surface area contributed by atoms with Crippen molar-refractivity contribution in [2.45, 2.75) is 126 Å². The van der Waals surface area contributed by atoms with Crippen LogP contribution in [0.3, 0.4) is 0 Å². The fourth-order valence-electron chi connectivity index (χ4n) is 5.29. The minimum absolute atomic E-state index is 0.0426. The van der Waals surface area contributed by atoms with E-state index in [0.717, 1.165) is 58.8 Å². The third kappa shape index (κ3) is 12.7. The number of hydrogen-bond acceptors (Lipinski definition) is 13. The highest BCUT2D eigenvalue weighted by atomic mass is 16.5. The van der Waals surface area contributed by atoms with Gasteiger partial charge in [0, 0.05) is 57.9 Å². The van der Waals surface area contributed by atoms with Crippen molar-refractivity contribution in [1.29, 1.82) is 0 Å². The maximum atomic E-state index is 5.58. The molecule has 0 fully saturated rings. The first-order chi connectivity index (χ1) is 28.4. The summed E-state index contributed by atoms with van der Waals surface area (Å²) in [5.41, 5.74) is 6.56. The van der Waals surface area contributed by atoms with E-state index >= 15 is 0 Å². The minimum atomic E-state index is -0.0826. The molecule has 0 atom stereocenters. The van der Waals surface area contributed by atoms with Gasteiger partial charge in [0.05, 0.1) is 24.6 Å². The van der Waals surface area contributed by atoms with E-state index in [1.165, 1.54) is 6.33 Å². The van der Waals surface area contributed by atoms with Gasteiger partial charge in [0.25, 0.3) is 0 Å². The van der Waals surface area contributed by atoms with Crippen LogP contribution < -0.4 is 0 Å². The topological polar surface area (TPSA) is 169 Å². The Morgan fingerprint density at radius 3 is 1.67 bits per heavy atom. The van der Waals surface area contributed by atoms with E-state index in [-0.39, 0.29) is 27.1 Å². The molecule has 0 aromatic carbocycles. The summed E-state index contributed by atoms with van der Waals surface area (Å²) in [6.07, 6.45) is 12.4. The van der Waals surface area contributed by atoms with Crippen LogP contribution in [-0.4, -0.2) is 63.3 Å². The van der Waals surface area contributed by atoms with Gasteiger partial charge in [-0.1, -0.05) is 110 Å². The molecule has 8 aromatic heterocycles. The Kier molecular flexibility index (Phi) is 13.8. The average Bonchev–Trinajstić information content (AvgIpc) is 4.02. The summed E-state index contributed by atoms with van der Waals surface area (Å²) in [4.78, 5) is 37.7. The first kappa shape index (κ1) is 46.0. The molecule has 9 heterocycles. The maximum absolute atomic E-state index is 5.58. The molecule has 0 unspecified atom stereocenters. The highest BCUT2D eigenvalue weighted by molar-refractivity contribution is 5.82. The molecule has 0 spiro atoms. The number of imidazole rings is 1. The van der Waals surface area contributed by atoms with Gasteiger partial charge in [0.2, 0.25) is 29.1 Å². The average molecular weight is 831 g/mol. The summed E-state index contributed by atoms with van der Waals surface area (Å²) in [6, 6.07) is 11.6. The molecule has 0 bridgehead atoms. The molecule has 14 nitrogen and oxygen atoms in total. The fraction of sp³-hybridized carbons (Fsp3) is 0.468. The van der Waals surface area contributed by atoms with Crippen LogP contribution in [-0.2, 0) is 26.4 Å². The van der Waals surface area contributed by atoms with E-state index in [2.05, 4.69) is 139 Å². The number of ether oxygens (including phenoxy) is 1. The summed E-state index contributed by atoms with van der Waals surface area (Å²) >= 11 is 0. The van der Waals surface area contributed by atoms with E-state index in [1.807, 2.05) is 63.4 Å². The van der Waals surface area contributed by atoms with Gasteiger partial charge < -0.3 is 22.4 Å². The van der Waals surface area contributed by atoms with Crippen LogP contribution in [0.4, 0.5) is 0 Å². The first-order valence-electron chi connectivity index (χ1n) is 20.5. The second-order valence-corrected chi connectivity index (χ2v) is 19.8. The van der Waals surface area contributed by atoms with E-state index in [0.29, 0.717) is 22.8 Å². The summed E-state index contributed by atoms with van der Waals surface area (Å²) in [5, 5.41) is 0. The van der Waals surface area contributed by atoms with E-state index in [9.17, 15) is 0 Å². The van der Waals surface area contributed by atoms with Gasteiger partial charge in [0.15, 0.2) is 11.5 Å². The van der Waals surface area contributed by atoms with Gasteiger partial charge in [-0.25, -0.2) is 29.9 Å². The van der Waals surface area contributed by atoms with Crippen molar-refractivity contribution in [3.63, 3.8) is 0 Å². The standard InChI is InChI=1S/C11H14N2.2C10H12N2O.C9H11N3O.C7H13NO/c1-11(2,3)9-8-13-7-5-4-6-10(13)12-9;1-10(2,3)9-12-7-6-11-5-4-8(7)13-9;1-10(2,3)9-12-7-5-4-6-11-8(7)13-9;1-9(2,3)8-12-6-4-10-5-11-7(6)13-8;1-7(2,3)6-8-4-5-9-6/h4-8H,1-3H3;2*4-6H,1-3H3;4-5H,1-3H3;4-5H2,1-3H3. The number of fused-ring (bicyclic) bond motifs is 4. The van der Waals surface area contributed by atoms with Crippen molar-refractivity contribution >= 4 is 45.1 Å². The van der Waals surface area contributed by atoms with E-state index in [4.69, 9.17) is 18.0 Å². The molecule has 0 saturated carbocycles. The predicted molar refractivity (Wildman–Crippen MR) is 241 cm³/mol. The molecule has 324 valence electrons. The van der Waals surface area contributed by atoms with Crippen LogP contribution in [0.15, 0.2) is 98.2 Å². The van der Waals surface area contributed by atoms with Crippen LogP contribution in [0.25, 0.3) is 39.2 Å². The fourth-order valence-corrected chi connectivity index (χ4v) is 5.29. The van der Waals surface area contributed by atoms with Crippen molar-refractivity contribution in [3.05, 3.63) is 103 Å². The lowest BCUT2D eigenvalue weighted by molar-refractivity contribution is 0.302. The van der Waals surface area contributed by atoms with Gasteiger partial charge >= 0.3 is 0 Å². The van der Waals surface area contributed by atoms with Crippen molar-refractivity contribution in [1.82, 2.24) is 44.3 Å². The van der Waals surface area contributed by atoms with Crippen LogP contribution in [0.1, 0.15) is 127 Å². The number of pyridine rings is 3. The third-order valence-corrected chi connectivity index (χ3v) is 8.71. The van der Waals surface area contributed by atoms with Crippen LogP contribution in [0, 0.1) is 5.41 Å². The SMILES string of the molecule is CC(C)(C)C1=NCCO1.CC(C)(C)c1cn2ccccc2n1.CC(C)(C)c1nc2cccnc2o1.CC(C)(C)c1nc2cnccc2o1.CC(C)(C)c1nc2cncnc2o1. The smallest absolute Gasteiger partial charge is 0.250 e. The molecule has 0 N–H and O–H groups in total. The van der Waals surface area contributed by atoms with Gasteiger partial charge in [-0.2, -0.15) is 4.98 Å². The molecule has 1 aliphatic heterocycles. The number of aromatic nitrogens is 9. The molecular weight excluding hydrogens is 769 g/mol. The van der Waals surface area contributed by atoms with Crippen molar-refractivity contribution in [3.8, 4) is 0 Å². The Labute approximate surface area is 358 Å². The Morgan fingerprint density at radius 2 is 1.15 bits per heavy atom. The second-order valence-electron chi connectivity index (χ2n) is 19.8. The Hall–Kier alpha value is -6.05. The highest BCUT2D eigenvalue weighted by Gasteiger charge is 2.24. The van der Waals surface area contributed by atoms with Crippen molar-refractivity contribution < 1.29 is 18.0 Å². The Balaban J connectivity index is 0.000000145. The van der Waals surface area contributed by atoms with Crippen LogP contribution >= 0.6 is 0 Å². The monoisotopic (exact) mass is 830 g/mol. The summed E-state index contributed by atoms with van der Waals surface area (Å²) in [6.45, 7) is 33.0. The number of rotatable bonds is 0. The van der Waals surface area contributed by atoms with Crippen molar-refractivity contribution in [2.24, 2.45) is 10.4 Å². The predicted octanol–water partition coefficient (Wildman–Crippen LogP) is 11.0. The Morgan fingerprint density at radius 1 is 0.541 bits per heavy atom. The maximum Gasteiger partial charge on any atom is 0.250 e. The zero-order valence-electron chi connectivity index (χ0n) is 38.5. The minimum Gasteiger partial charge on any atom is -0.479 e. The zero-order valence-corrected chi connectivity index (χ0v) is 38.5. The summed E-state index contributed by atoms with van der Waals surface area (Å²) in [5.74, 6) is 3.10. The number of hydrogen-bond donors (Lipinski definition) is 0. The van der Waals surface area contributed by atoms with Gasteiger partial charge in [-0.3, -0.25) is 9.98 Å². The molecule has 14 heteroatoms. The van der Waals surface area contributed by atoms with Crippen LogP contribution in [0.5, 0.6) is 0 Å². The summed E-state index contributed by atoms with van der Waals surface area (Å²) < 4.78 is 23.9. The summed E-state index contributed by atoms with van der Waals surface area (Å²) in [7, 11) is 0. The second kappa shape index (κ2) is 18.3. The lowest BCUT2D eigenvalue weighted by atomic mass is 9.93.